The maximum absolute atomic E-state index is 11.8. The Morgan fingerprint density at radius 3 is 3.05 bits per heavy atom. The number of nitrogens with one attached hydrogen (secondary N) is 1. The van der Waals surface area contributed by atoms with Crippen molar-refractivity contribution in [2.24, 2.45) is 0 Å². The summed E-state index contributed by atoms with van der Waals surface area (Å²) < 4.78 is 5.60. The van der Waals surface area contributed by atoms with Crippen LogP contribution in [0, 0.1) is 0 Å². The number of anilines is 1. The molecule has 5 nitrogen and oxygen atoms in total. The zero-order valence-corrected chi connectivity index (χ0v) is 12.0. The highest BCUT2D eigenvalue weighted by Crippen LogP contribution is 2.12. The second-order valence-electron chi connectivity index (χ2n) is 5.26. The molecule has 0 aliphatic carbocycles. The molecular formula is C15H23N3O2. The van der Waals surface area contributed by atoms with Crippen LogP contribution in [-0.2, 0) is 16.0 Å². The second-order valence-corrected chi connectivity index (χ2v) is 5.26. The van der Waals surface area contributed by atoms with Crippen molar-refractivity contribution in [2.45, 2.75) is 18.9 Å². The maximum atomic E-state index is 11.8. The van der Waals surface area contributed by atoms with Crippen LogP contribution < -0.4 is 11.1 Å². The van der Waals surface area contributed by atoms with Crippen LogP contribution in [-0.4, -0.2) is 50.2 Å². The number of rotatable bonds is 5. The third kappa shape index (κ3) is 4.51. The molecule has 0 spiro atoms. The van der Waals surface area contributed by atoms with Crippen molar-refractivity contribution in [3.05, 3.63) is 29.8 Å². The summed E-state index contributed by atoms with van der Waals surface area (Å²) in [4.78, 5) is 14.0. The van der Waals surface area contributed by atoms with Gasteiger partial charge < -0.3 is 20.7 Å². The molecular weight excluding hydrogens is 254 g/mol. The van der Waals surface area contributed by atoms with E-state index in [1.807, 2.05) is 24.3 Å². The van der Waals surface area contributed by atoms with Gasteiger partial charge in [-0.3, -0.25) is 4.79 Å². The first-order valence-electron chi connectivity index (χ1n) is 7.05. The number of ether oxygens (including phenoxy) is 1. The minimum atomic E-state index is 0.0464. The summed E-state index contributed by atoms with van der Waals surface area (Å²) in [6.45, 7) is 3.13. The quantitative estimate of drug-likeness (QED) is 0.775. The van der Waals surface area contributed by atoms with E-state index in [9.17, 15) is 4.79 Å². The van der Waals surface area contributed by atoms with E-state index >= 15 is 0 Å². The molecule has 1 aromatic rings. The van der Waals surface area contributed by atoms with Gasteiger partial charge in [-0.15, -0.1) is 0 Å². The summed E-state index contributed by atoms with van der Waals surface area (Å²) in [7, 11) is 2.07. The SMILES string of the molecule is CN1CCOC(CNC(=O)CCc2ccccc2N)C1. The van der Waals surface area contributed by atoms with Gasteiger partial charge in [0.2, 0.25) is 5.91 Å². The second kappa shape index (κ2) is 7.26. The predicted octanol–water partition coefficient (Wildman–Crippen LogP) is 0.648. The minimum Gasteiger partial charge on any atom is -0.399 e. The number of para-hydroxylation sites is 1. The fourth-order valence-electron chi connectivity index (χ4n) is 2.32. The van der Waals surface area contributed by atoms with Crippen LogP contribution in [0.3, 0.4) is 0 Å². The van der Waals surface area contributed by atoms with Crippen LogP contribution >= 0.6 is 0 Å². The number of nitrogens with zero attached hydrogens (tertiary/aromatic N) is 1. The number of carbonyl (C=O) groups excluding carboxylic acids is 1. The highest BCUT2D eigenvalue weighted by atomic mass is 16.5. The summed E-state index contributed by atoms with van der Waals surface area (Å²) in [6.07, 6.45) is 1.22. The third-order valence-electron chi connectivity index (χ3n) is 3.55. The molecule has 0 radical (unpaired) electrons. The smallest absolute Gasteiger partial charge is 0.220 e. The van der Waals surface area contributed by atoms with Gasteiger partial charge in [-0.2, -0.15) is 0 Å². The van der Waals surface area contributed by atoms with Gasteiger partial charge in [0.25, 0.3) is 0 Å². The molecule has 0 aromatic heterocycles. The van der Waals surface area contributed by atoms with E-state index in [-0.39, 0.29) is 12.0 Å². The van der Waals surface area contributed by atoms with Crippen molar-refractivity contribution < 1.29 is 9.53 Å². The molecule has 1 amide bonds. The Morgan fingerprint density at radius 2 is 2.30 bits per heavy atom. The summed E-state index contributed by atoms with van der Waals surface area (Å²) in [5.41, 5.74) is 7.63. The summed E-state index contributed by atoms with van der Waals surface area (Å²) in [6, 6.07) is 7.66. The van der Waals surface area contributed by atoms with E-state index < -0.39 is 0 Å². The van der Waals surface area contributed by atoms with Gasteiger partial charge in [0.1, 0.15) is 0 Å². The number of benzene rings is 1. The third-order valence-corrected chi connectivity index (χ3v) is 3.55. The monoisotopic (exact) mass is 277 g/mol. The number of likely N-dealkylation sites (N-methyl/N-ethyl adjacent to an activating group) is 1. The number of aryl methyl sites for hydroxylation is 1. The number of nitrogens with two attached hydrogens (primary N) is 1. The molecule has 1 atom stereocenters. The van der Waals surface area contributed by atoms with E-state index in [2.05, 4.69) is 17.3 Å². The van der Waals surface area contributed by atoms with Crippen LogP contribution in [0.25, 0.3) is 0 Å². The van der Waals surface area contributed by atoms with Gasteiger partial charge in [0.05, 0.1) is 12.7 Å². The van der Waals surface area contributed by atoms with Crippen molar-refractivity contribution in [2.75, 3.05) is 39.0 Å². The first-order valence-corrected chi connectivity index (χ1v) is 7.05. The Hall–Kier alpha value is -1.59. The normalized spacial score (nSPS) is 19.8. The van der Waals surface area contributed by atoms with E-state index in [0.717, 1.165) is 30.9 Å². The molecule has 0 bridgehead atoms. The molecule has 2 rings (SSSR count). The summed E-state index contributed by atoms with van der Waals surface area (Å²) in [5, 5.41) is 2.93. The Labute approximate surface area is 120 Å². The number of nitrogen functional groups attached to an aromatic ring is 1. The Balaban J connectivity index is 1.69. The number of hydrogen-bond acceptors (Lipinski definition) is 4. The fourth-order valence-corrected chi connectivity index (χ4v) is 2.32. The Morgan fingerprint density at radius 1 is 1.50 bits per heavy atom. The molecule has 20 heavy (non-hydrogen) atoms. The van der Waals surface area contributed by atoms with Crippen LogP contribution in [0.15, 0.2) is 24.3 Å². The Kier molecular flexibility index (Phi) is 5.38. The molecule has 1 unspecified atom stereocenters. The van der Waals surface area contributed by atoms with Gasteiger partial charge in [0.15, 0.2) is 0 Å². The van der Waals surface area contributed by atoms with Gasteiger partial charge >= 0.3 is 0 Å². The largest absolute Gasteiger partial charge is 0.399 e. The Bertz CT molecular complexity index is 450. The molecule has 110 valence electrons. The molecule has 1 aromatic carbocycles. The van der Waals surface area contributed by atoms with Crippen LogP contribution in [0.5, 0.6) is 0 Å². The number of morpholine rings is 1. The summed E-state index contributed by atoms with van der Waals surface area (Å²) in [5.74, 6) is 0.0464. The summed E-state index contributed by atoms with van der Waals surface area (Å²) >= 11 is 0. The van der Waals surface area contributed by atoms with Crippen LogP contribution in [0.2, 0.25) is 0 Å². The van der Waals surface area contributed by atoms with Crippen molar-refractivity contribution in [1.82, 2.24) is 10.2 Å². The maximum Gasteiger partial charge on any atom is 0.220 e. The van der Waals surface area contributed by atoms with E-state index in [4.69, 9.17) is 10.5 Å². The average molecular weight is 277 g/mol. The molecule has 3 N–H and O–H groups in total. The molecule has 1 fully saturated rings. The zero-order chi connectivity index (χ0) is 14.4. The zero-order valence-electron chi connectivity index (χ0n) is 12.0. The van der Waals surface area contributed by atoms with Gasteiger partial charge in [-0.05, 0) is 25.1 Å². The lowest BCUT2D eigenvalue weighted by atomic mass is 10.1. The molecule has 1 saturated heterocycles. The van der Waals surface area contributed by atoms with Crippen molar-refractivity contribution in [3.8, 4) is 0 Å². The van der Waals surface area contributed by atoms with E-state index in [1.54, 1.807) is 0 Å². The molecule has 1 heterocycles. The van der Waals surface area contributed by atoms with E-state index in [1.165, 1.54) is 0 Å². The first-order chi connectivity index (χ1) is 9.65. The van der Waals surface area contributed by atoms with Gasteiger partial charge in [-0.25, -0.2) is 0 Å². The van der Waals surface area contributed by atoms with Gasteiger partial charge in [-0.1, -0.05) is 18.2 Å². The minimum absolute atomic E-state index is 0.0464. The van der Waals surface area contributed by atoms with Gasteiger partial charge in [0, 0.05) is 31.7 Å². The number of hydrogen-bond donors (Lipinski definition) is 2. The number of carbonyl (C=O) groups is 1. The number of amides is 1. The fraction of sp³-hybridized carbons (Fsp3) is 0.533. The molecule has 5 heteroatoms. The van der Waals surface area contributed by atoms with E-state index in [0.29, 0.717) is 19.4 Å². The average Bonchev–Trinajstić information content (AvgIpc) is 2.44. The molecule has 0 saturated carbocycles. The van der Waals surface area contributed by atoms with Crippen LogP contribution in [0.1, 0.15) is 12.0 Å². The van der Waals surface area contributed by atoms with Crippen LogP contribution in [0.4, 0.5) is 5.69 Å². The lowest BCUT2D eigenvalue weighted by molar-refractivity contribution is -0.122. The topological polar surface area (TPSA) is 67.6 Å². The van der Waals surface area contributed by atoms with Crippen molar-refractivity contribution in [1.29, 1.82) is 0 Å². The molecule has 1 aliphatic heterocycles. The first kappa shape index (κ1) is 14.8. The standard InChI is InChI=1S/C15H23N3O2/c1-18-8-9-20-13(11-18)10-17-15(19)7-6-12-4-2-3-5-14(12)16/h2-5,13H,6-11,16H2,1H3,(H,17,19). The highest BCUT2D eigenvalue weighted by Gasteiger charge is 2.18. The lowest BCUT2D eigenvalue weighted by Crippen LogP contribution is -2.45. The van der Waals surface area contributed by atoms with Crippen molar-refractivity contribution in [3.63, 3.8) is 0 Å². The predicted molar refractivity (Wildman–Crippen MR) is 79.4 cm³/mol. The lowest BCUT2D eigenvalue weighted by Gasteiger charge is -2.30. The van der Waals surface area contributed by atoms with Crippen molar-refractivity contribution >= 4 is 11.6 Å². The molecule has 1 aliphatic rings. The highest BCUT2D eigenvalue weighted by molar-refractivity contribution is 5.76.